The summed E-state index contributed by atoms with van der Waals surface area (Å²) in [5, 5.41) is 14.0. The smallest absolute Gasteiger partial charge is 0.293 e. The van der Waals surface area contributed by atoms with Gasteiger partial charge < -0.3 is 20.3 Å². The van der Waals surface area contributed by atoms with Crippen LogP contribution in [0.25, 0.3) is 0 Å². The Morgan fingerprint density at radius 2 is 1.17 bits per heavy atom. The Hall–Kier alpha value is -2.06. The Kier molecular flexibility index (Phi) is 8.88. The van der Waals surface area contributed by atoms with Crippen LogP contribution in [0.15, 0.2) is 34.6 Å². The number of anilines is 2. The second-order valence-corrected chi connectivity index (χ2v) is 5.69. The van der Waals surface area contributed by atoms with Gasteiger partial charge in [-0.3, -0.25) is 0 Å². The first kappa shape index (κ1) is 20.0. The number of oxime groups is 2. The van der Waals surface area contributed by atoms with Crippen LogP contribution in [0.4, 0.5) is 11.4 Å². The molecule has 0 heterocycles. The van der Waals surface area contributed by atoms with Gasteiger partial charge >= 0.3 is 0 Å². The van der Waals surface area contributed by atoms with Gasteiger partial charge in [-0.25, -0.2) is 0 Å². The fourth-order valence-electron chi connectivity index (χ4n) is 1.29. The van der Waals surface area contributed by atoms with Crippen LogP contribution in [0, 0.1) is 0 Å². The Labute approximate surface area is 153 Å². The number of nitrogens with one attached hydrogen (secondary N) is 2. The highest BCUT2D eigenvalue weighted by atomic mass is 32.1. The van der Waals surface area contributed by atoms with Crippen LogP contribution in [0.3, 0.4) is 0 Å². The summed E-state index contributed by atoms with van der Waals surface area (Å²) in [5.41, 5.74) is 3.30. The average molecular weight is 367 g/mol. The standard InChI is InChI=1S/C16H22N4O2S2/c1-5-11(3)19-21-15(23)17-13-7-9-14(10-8-13)18-16(24)22-20-12(4)6-2/h7-10H,5-6H2,1-4H3,(H,17,23)(H,18,24). The van der Waals surface area contributed by atoms with Crippen LogP contribution >= 0.6 is 24.4 Å². The number of hydrogen-bond acceptors (Lipinski definition) is 6. The first-order valence-electron chi connectivity index (χ1n) is 7.57. The molecule has 0 amide bonds. The molecule has 0 saturated heterocycles. The maximum atomic E-state index is 5.10. The van der Waals surface area contributed by atoms with E-state index in [0.717, 1.165) is 35.6 Å². The quantitative estimate of drug-likeness (QED) is 0.433. The van der Waals surface area contributed by atoms with E-state index in [9.17, 15) is 0 Å². The van der Waals surface area contributed by atoms with Crippen molar-refractivity contribution in [1.82, 2.24) is 0 Å². The Bertz CT molecular complexity index is 572. The van der Waals surface area contributed by atoms with E-state index >= 15 is 0 Å². The van der Waals surface area contributed by atoms with Crippen LogP contribution in [-0.2, 0) is 9.68 Å². The van der Waals surface area contributed by atoms with Crippen LogP contribution in [0.2, 0.25) is 0 Å². The average Bonchev–Trinajstić information content (AvgIpc) is 2.59. The lowest BCUT2D eigenvalue weighted by Crippen LogP contribution is -2.12. The number of benzene rings is 1. The van der Waals surface area contributed by atoms with Crippen molar-refractivity contribution >= 4 is 57.6 Å². The zero-order valence-corrected chi connectivity index (χ0v) is 15.9. The molecule has 0 atom stereocenters. The number of thiocarbonyl (C=S) groups is 2. The van der Waals surface area contributed by atoms with Crippen molar-refractivity contribution in [2.24, 2.45) is 10.3 Å². The lowest BCUT2D eigenvalue weighted by atomic mass is 10.3. The minimum atomic E-state index is 0.187. The predicted octanol–water partition coefficient (Wildman–Crippen LogP) is 4.69. The third kappa shape index (κ3) is 7.98. The zero-order chi connectivity index (χ0) is 17.9. The molecule has 0 saturated carbocycles. The minimum Gasteiger partial charge on any atom is -0.326 e. The Morgan fingerprint density at radius 3 is 1.46 bits per heavy atom. The van der Waals surface area contributed by atoms with Crippen molar-refractivity contribution in [3.05, 3.63) is 24.3 Å². The van der Waals surface area contributed by atoms with E-state index in [1.54, 1.807) is 0 Å². The predicted molar refractivity (Wildman–Crippen MR) is 108 cm³/mol. The second-order valence-electron chi connectivity index (χ2n) is 4.95. The fraction of sp³-hybridized carbons (Fsp3) is 0.375. The molecular formula is C16H22N4O2S2. The SMILES string of the molecule is CCC(C)=NOC(=S)Nc1ccc(NC(=S)ON=C(C)CC)cc1. The molecule has 0 unspecified atom stereocenters. The molecule has 1 rings (SSSR count). The van der Waals surface area contributed by atoms with E-state index in [-0.39, 0.29) is 10.3 Å². The van der Waals surface area contributed by atoms with Gasteiger partial charge in [0.25, 0.3) is 10.3 Å². The molecule has 0 aliphatic carbocycles. The molecule has 0 radical (unpaired) electrons. The van der Waals surface area contributed by atoms with E-state index < -0.39 is 0 Å². The molecule has 0 spiro atoms. The van der Waals surface area contributed by atoms with E-state index in [4.69, 9.17) is 34.1 Å². The first-order valence-corrected chi connectivity index (χ1v) is 8.39. The summed E-state index contributed by atoms with van der Waals surface area (Å²) in [5.74, 6) is 0. The molecule has 0 aromatic heterocycles. The molecule has 0 bridgehead atoms. The summed E-state index contributed by atoms with van der Waals surface area (Å²) in [7, 11) is 0. The lowest BCUT2D eigenvalue weighted by molar-refractivity contribution is 0.335. The van der Waals surface area contributed by atoms with E-state index in [2.05, 4.69) is 20.9 Å². The highest BCUT2D eigenvalue weighted by Crippen LogP contribution is 2.14. The van der Waals surface area contributed by atoms with Crippen LogP contribution in [0.5, 0.6) is 0 Å². The van der Waals surface area contributed by atoms with Crippen molar-refractivity contribution in [1.29, 1.82) is 0 Å². The van der Waals surface area contributed by atoms with Crippen molar-refractivity contribution in [3.8, 4) is 0 Å². The third-order valence-electron chi connectivity index (χ3n) is 2.97. The number of rotatable bonds is 6. The molecule has 130 valence electrons. The summed E-state index contributed by atoms with van der Waals surface area (Å²) >= 11 is 10.1. The lowest BCUT2D eigenvalue weighted by Gasteiger charge is -2.08. The van der Waals surface area contributed by atoms with Gasteiger partial charge in [0, 0.05) is 11.4 Å². The van der Waals surface area contributed by atoms with Crippen molar-refractivity contribution < 1.29 is 9.68 Å². The number of nitrogens with zero attached hydrogens (tertiary/aromatic N) is 2. The second kappa shape index (κ2) is 10.7. The van der Waals surface area contributed by atoms with Gasteiger partial charge in [-0.05, 0) is 75.4 Å². The Morgan fingerprint density at radius 1 is 0.833 bits per heavy atom. The van der Waals surface area contributed by atoms with Gasteiger partial charge in [-0.2, -0.15) is 0 Å². The molecule has 8 heteroatoms. The normalized spacial score (nSPS) is 11.7. The largest absolute Gasteiger partial charge is 0.326 e. The van der Waals surface area contributed by atoms with Crippen molar-refractivity contribution in [2.45, 2.75) is 40.5 Å². The van der Waals surface area contributed by atoms with Gasteiger partial charge in [0.2, 0.25) is 0 Å². The summed E-state index contributed by atoms with van der Waals surface area (Å²) in [4.78, 5) is 10.2. The summed E-state index contributed by atoms with van der Waals surface area (Å²) < 4.78 is 0. The maximum absolute atomic E-state index is 5.10. The van der Waals surface area contributed by atoms with Crippen LogP contribution in [0.1, 0.15) is 40.5 Å². The molecule has 1 aromatic rings. The topological polar surface area (TPSA) is 67.2 Å². The first-order chi connectivity index (χ1) is 11.4. The maximum Gasteiger partial charge on any atom is 0.293 e. The molecule has 2 N–H and O–H groups in total. The van der Waals surface area contributed by atoms with Gasteiger partial charge in [-0.1, -0.05) is 24.2 Å². The Balaban J connectivity index is 2.51. The highest BCUT2D eigenvalue weighted by Gasteiger charge is 2.02. The molecule has 6 nitrogen and oxygen atoms in total. The zero-order valence-electron chi connectivity index (χ0n) is 14.3. The van der Waals surface area contributed by atoms with Gasteiger partial charge in [0.15, 0.2) is 0 Å². The summed E-state index contributed by atoms with van der Waals surface area (Å²) in [6.07, 6.45) is 1.62. The van der Waals surface area contributed by atoms with Crippen molar-refractivity contribution in [2.75, 3.05) is 10.6 Å². The van der Waals surface area contributed by atoms with E-state index in [1.165, 1.54) is 0 Å². The fourth-order valence-corrected chi connectivity index (χ4v) is 1.60. The third-order valence-corrected chi connectivity index (χ3v) is 3.32. The molecule has 0 aliphatic rings. The summed E-state index contributed by atoms with van der Waals surface area (Å²) in [6, 6.07) is 7.32. The summed E-state index contributed by atoms with van der Waals surface area (Å²) in [6.45, 7) is 7.74. The van der Waals surface area contributed by atoms with Gasteiger partial charge in [0.1, 0.15) is 0 Å². The molecule has 0 aliphatic heterocycles. The van der Waals surface area contributed by atoms with Crippen molar-refractivity contribution in [3.63, 3.8) is 0 Å². The monoisotopic (exact) mass is 366 g/mol. The molecule has 24 heavy (non-hydrogen) atoms. The van der Waals surface area contributed by atoms with E-state index in [0.29, 0.717) is 0 Å². The molecule has 1 aromatic carbocycles. The van der Waals surface area contributed by atoms with Crippen LogP contribution in [-0.4, -0.2) is 21.8 Å². The van der Waals surface area contributed by atoms with Crippen LogP contribution < -0.4 is 10.6 Å². The number of hydrogen-bond donors (Lipinski definition) is 2. The molecular weight excluding hydrogens is 344 g/mol. The van der Waals surface area contributed by atoms with Gasteiger partial charge in [0.05, 0.1) is 11.4 Å². The van der Waals surface area contributed by atoms with Gasteiger partial charge in [-0.15, -0.1) is 0 Å². The highest BCUT2D eigenvalue weighted by molar-refractivity contribution is 7.80. The molecule has 0 fully saturated rings. The minimum absolute atomic E-state index is 0.187. The van der Waals surface area contributed by atoms with E-state index in [1.807, 2.05) is 52.0 Å².